The number of hydrogen-bond donors (Lipinski definition) is 2. The van der Waals surface area contributed by atoms with Gasteiger partial charge in [0.15, 0.2) is 0 Å². The molecular weight excluding hydrogens is 230 g/mol. The predicted molar refractivity (Wildman–Crippen MR) is 68.8 cm³/mol. The summed E-state index contributed by atoms with van der Waals surface area (Å²) in [6.45, 7) is 0. The molecular formula is C14H21NO3. The van der Waals surface area contributed by atoms with Crippen LogP contribution in [0.15, 0.2) is 0 Å². The lowest BCUT2D eigenvalue weighted by Crippen LogP contribution is -2.44. The number of carboxylic acid groups (broad SMARTS) is 1. The number of terminal acetylenes is 1. The number of rotatable bonds is 6. The van der Waals surface area contributed by atoms with Crippen LogP contribution in [0.4, 0.5) is 0 Å². The zero-order valence-corrected chi connectivity index (χ0v) is 10.7. The van der Waals surface area contributed by atoms with Gasteiger partial charge in [0.2, 0.25) is 5.91 Å². The zero-order chi connectivity index (χ0) is 13.4. The summed E-state index contributed by atoms with van der Waals surface area (Å²) in [7, 11) is 0. The van der Waals surface area contributed by atoms with Crippen molar-refractivity contribution in [3.63, 3.8) is 0 Å². The van der Waals surface area contributed by atoms with Crippen molar-refractivity contribution < 1.29 is 14.7 Å². The van der Waals surface area contributed by atoms with E-state index in [0.29, 0.717) is 19.3 Å². The third kappa shape index (κ3) is 4.79. The normalized spacial score (nSPS) is 17.7. The van der Waals surface area contributed by atoms with Crippen LogP contribution in [0, 0.1) is 18.3 Å². The molecule has 100 valence electrons. The van der Waals surface area contributed by atoms with Crippen molar-refractivity contribution in [1.82, 2.24) is 5.32 Å². The van der Waals surface area contributed by atoms with Crippen molar-refractivity contribution in [2.24, 2.45) is 5.92 Å². The van der Waals surface area contributed by atoms with Crippen LogP contribution in [-0.2, 0) is 9.59 Å². The number of carboxylic acids is 1. The molecule has 1 fully saturated rings. The van der Waals surface area contributed by atoms with E-state index in [1.807, 2.05) is 0 Å². The second kappa shape index (κ2) is 7.75. The summed E-state index contributed by atoms with van der Waals surface area (Å²) in [6.07, 6.45) is 11.7. The summed E-state index contributed by atoms with van der Waals surface area (Å²) >= 11 is 0. The number of hydrogen-bond acceptors (Lipinski definition) is 2. The number of nitrogens with one attached hydrogen (secondary N) is 1. The first-order valence-corrected chi connectivity index (χ1v) is 6.61. The third-order valence-corrected chi connectivity index (χ3v) is 3.40. The van der Waals surface area contributed by atoms with Crippen molar-refractivity contribution in [3.05, 3.63) is 0 Å². The maximum absolute atomic E-state index is 11.9. The zero-order valence-electron chi connectivity index (χ0n) is 10.7. The van der Waals surface area contributed by atoms with E-state index in [1.165, 1.54) is 6.42 Å². The highest BCUT2D eigenvalue weighted by atomic mass is 16.4. The number of amides is 1. The summed E-state index contributed by atoms with van der Waals surface area (Å²) in [4.78, 5) is 23.0. The first-order valence-electron chi connectivity index (χ1n) is 6.61. The molecule has 1 aliphatic rings. The molecule has 4 heteroatoms. The lowest BCUT2D eigenvalue weighted by Gasteiger charge is -2.23. The van der Waals surface area contributed by atoms with Crippen LogP contribution in [0.25, 0.3) is 0 Å². The Bertz CT molecular complexity index is 326. The van der Waals surface area contributed by atoms with E-state index in [2.05, 4.69) is 11.2 Å². The molecule has 0 aromatic heterocycles. The lowest BCUT2D eigenvalue weighted by molar-refractivity contribution is -0.142. The van der Waals surface area contributed by atoms with Gasteiger partial charge >= 0.3 is 5.97 Å². The molecule has 2 N–H and O–H groups in total. The van der Waals surface area contributed by atoms with Gasteiger partial charge in [-0.25, -0.2) is 4.79 Å². The smallest absolute Gasteiger partial charge is 0.326 e. The average molecular weight is 251 g/mol. The standard InChI is InChI=1S/C14H21NO3/c1-2-3-5-10-12(14(17)18)15-13(16)11-8-6-4-7-9-11/h1,11-12H,3-10H2,(H,15,16)(H,17,18)/t12-/m0/s1. The molecule has 0 aromatic rings. The molecule has 0 unspecified atom stereocenters. The van der Waals surface area contributed by atoms with Crippen molar-refractivity contribution in [1.29, 1.82) is 0 Å². The van der Waals surface area contributed by atoms with E-state index >= 15 is 0 Å². The first-order chi connectivity index (χ1) is 8.65. The predicted octanol–water partition coefficient (Wildman–Crippen LogP) is 1.94. The van der Waals surface area contributed by atoms with Gasteiger partial charge < -0.3 is 10.4 Å². The quantitative estimate of drug-likeness (QED) is 0.560. The fourth-order valence-electron chi connectivity index (χ4n) is 2.32. The van der Waals surface area contributed by atoms with Gasteiger partial charge in [-0.2, -0.15) is 0 Å². The van der Waals surface area contributed by atoms with Gasteiger partial charge in [0.05, 0.1) is 0 Å². The van der Waals surface area contributed by atoms with E-state index in [1.54, 1.807) is 0 Å². The van der Waals surface area contributed by atoms with Crippen LogP contribution in [0.2, 0.25) is 0 Å². The molecule has 1 aliphatic carbocycles. The van der Waals surface area contributed by atoms with Crippen LogP contribution in [0.3, 0.4) is 0 Å². The first kappa shape index (κ1) is 14.6. The molecule has 0 bridgehead atoms. The minimum absolute atomic E-state index is 0.00627. The van der Waals surface area contributed by atoms with Crippen LogP contribution in [0.5, 0.6) is 0 Å². The van der Waals surface area contributed by atoms with Gasteiger partial charge in [0.25, 0.3) is 0 Å². The highest BCUT2D eigenvalue weighted by Crippen LogP contribution is 2.23. The number of aliphatic carboxylic acids is 1. The van der Waals surface area contributed by atoms with Gasteiger partial charge in [0.1, 0.15) is 6.04 Å². The molecule has 4 nitrogen and oxygen atoms in total. The Morgan fingerprint density at radius 2 is 2.00 bits per heavy atom. The highest BCUT2D eigenvalue weighted by molar-refractivity contribution is 5.84. The Balaban J connectivity index is 2.41. The third-order valence-electron chi connectivity index (χ3n) is 3.40. The van der Waals surface area contributed by atoms with Crippen LogP contribution < -0.4 is 5.32 Å². The Morgan fingerprint density at radius 1 is 1.33 bits per heavy atom. The van der Waals surface area contributed by atoms with Crippen LogP contribution in [0.1, 0.15) is 51.4 Å². The second-order valence-corrected chi connectivity index (χ2v) is 4.83. The number of unbranched alkanes of at least 4 members (excludes halogenated alkanes) is 1. The molecule has 1 amide bonds. The Morgan fingerprint density at radius 3 is 2.56 bits per heavy atom. The minimum atomic E-state index is -0.976. The molecule has 1 atom stereocenters. The molecule has 18 heavy (non-hydrogen) atoms. The molecule has 1 saturated carbocycles. The van der Waals surface area contributed by atoms with Gasteiger partial charge in [0, 0.05) is 12.3 Å². The van der Waals surface area contributed by atoms with E-state index in [9.17, 15) is 9.59 Å². The van der Waals surface area contributed by atoms with Crippen LogP contribution in [-0.4, -0.2) is 23.0 Å². The number of carbonyl (C=O) groups is 2. The maximum Gasteiger partial charge on any atom is 0.326 e. The Hall–Kier alpha value is -1.50. The Labute approximate surface area is 108 Å². The second-order valence-electron chi connectivity index (χ2n) is 4.83. The van der Waals surface area contributed by atoms with Crippen molar-refractivity contribution >= 4 is 11.9 Å². The summed E-state index contributed by atoms with van der Waals surface area (Å²) in [5.74, 6) is 1.38. The van der Waals surface area contributed by atoms with Crippen LogP contribution >= 0.6 is 0 Å². The summed E-state index contributed by atoms with van der Waals surface area (Å²) in [5, 5.41) is 11.7. The maximum atomic E-state index is 11.9. The average Bonchev–Trinajstić information content (AvgIpc) is 2.38. The molecule has 1 rings (SSSR count). The van der Waals surface area contributed by atoms with Crippen molar-refractivity contribution in [2.75, 3.05) is 0 Å². The molecule has 0 heterocycles. The molecule has 0 saturated heterocycles. The Kier molecular flexibility index (Phi) is 6.27. The molecule has 0 radical (unpaired) electrons. The summed E-state index contributed by atoms with van der Waals surface area (Å²) in [5.41, 5.74) is 0. The SMILES string of the molecule is C#CCCC[C@H](NC(=O)C1CCCCC1)C(=O)O. The lowest BCUT2D eigenvalue weighted by atomic mass is 9.88. The summed E-state index contributed by atoms with van der Waals surface area (Å²) < 4.78 is 0. The fourth-order valence-corrected chi connectivity index (χ4v) is 2.32. The largest absolute Gasteiger partial charge is 0.480 e. The monoisotopic (exact) mass is 251 g/mol. The minimum Gasteiger partial charge on any atom is -0.480 e. The van der Waals surface area contributed by atoms with Gasteiger partial charge in [-0.3, -0.25) is 4.79 Å². The molecule has 0 aliphatic heterocycles. The van der Waals surface area contributed by atoms with E-state index in [4.69, 9.17) is 11.5 Å². The van der Waals surface area contributed by atoms with E-state index in [-0.39, 0.29) is 11.8 Å². The van der Waals surface area contributed by atoms with Gasteiger partial charge in [-0.05, 0) is 25.7 Å². The van der Waals surface area contributed by atoms with E-state index < -0.39 is 12.0 Å². The molecule has 0 spiro atoms. The van der Waals surface area contributed by atoms with Gasteiger partial charge in [-0.15, -0.1) is 12.3 Å². The summed E-state index contributed by atoms with van der Waals surface area (Å²) in [6, 6.07) is -0.798. The van der Waals surface area contributed by atoms with Gasteiger partial charge in [-0.1, -0.05) is 19.3 Å². The topological polar surface area (TPSA) is 66.4 Å². The van der Waals surface area contributed by atoms with E-state index in [0.717, 1.165) is 25.7 Å². The fraction of sp³-hybridized carbons (Fsp3) is 0.714. The van der Waals surface area contributed by atoms with Crippen molar-refractivity contribution in [2.45, 2.75) is 57.4 Å². The molecule has 0 aromatic carbocycles. The van der Waals surface area contributed by atoms with Crippen molar-refractivity contribution in [3.8, 4) is 12.3 Å². The highest BCUT2D eigenvalue weighted by Gasteiger charge is 2.25. The number of carbonyl (C=O) groups excluding carboxylic acids is 1.